The van der Waals surface area contributed by atoms with E-state index < -0.39 is 16.8 Å². The van der Waals surface area contributed by atoms with E-state index in [-0.39, 0.29) is 0 Å². The van der Waals surface area contributed by atoms with E-state index in [4.69, 9.17) is 14.5 Å². The van der Waals surface area contributed by atoms with Crippen LogP contribution in [-0.2, 0) is 31.3 Å². The molecular weight excluding hydrogens is 558 g/mol. The van der Waals surface area contributed by atoms with E-state index in [0.29, 0.717) is 36.3 Å². The molecule has 6 aliphatic rings. The van der Waals surface area contributed by atoms with E-state index in [1.165, 1.54) is 132 Å². The summed E-state index contributed by atoms with van der Waals surface area (Å²) in [6, 6.07) is 10.5. The van der Waals surface area contributed by atoms with Crippen LogP contribution in [0.1, 0.15) is 174 Å². The van der Waals surface area contributed by atoms with E-state index in [9.17, 15) is 0 Å². The number of nitrogens with zero attached hydrogens (tertiary/aromatic N) is 3. The summed E-state index contributed by atoms with van der Waals surface area (Å²) in [6.45, 7) is 13.7. The lowest BCUT2D eigenvalue weighted by Gasteiger charge is -2.49. The van der Waals surface area contributed by atoms with Crippen molar-refractivity contribution in [1.29, 1.82) is 0 Å². The summed E-state index contributed by atoms with van der Waals surface area (Å²) in [6.07, 6.45) is 23.1. The van der Waals surface area contributed by atoms with E-state index in [1.807, 2.05) is 0 Å². The van der Waals surface area contributed by atoms with Crippen molar-refractivity contribution in [1.82, 2.24) is 15.2 Å². The number of fused-ring (bicyclic) bond motifs is 6. The van der Waals surface area contributed by atoms with Crippen molar-refractivity contribution in [3.63, 3.8) is 0 Å². The Morgan fingerprint density at radius 2 is 0.556 bits per heavy atom. The molecule has 6 aliphatic heterocycles. The van der Waals surface area contributed by atoms with Gasteiger partial charge >= 0.3 is 0 Å². The van der Waals surface area contributed by atoms with Gasteiger partial charge in [0.25, 0.3) is 0 Å². The Balaban J connectivity index is 1.22. The highest BCUT2D eigenvalue weighted by atomic mass is 16.7. The van der Waals surface area contributed by atoms with E-state index in [0.717, 1.165) is 0 Å². The van der Waals surface area contributed by atoms with Gasteiger partial charge in [0.05, 0.1) is 0 Å². The molecule has 45 heavy (non-hydrogen) atoms. The van der Waals surface area contributed by atoms with Crippen molar-refractivity contribution in [3.8, 4) is 0 Å². The molecule has 6 nitrogen and oxygen atoms in total. The zero-order valence-corrected chi connectivity index (χ0v) is 29.5. The summed E-state index contributed by atoms with van der Waals surface area (Å²) in [7, 11) is 0. The predicted octanol–water partition coefficient (Wildman–Crippen LogP) is 9.41. The normalized spacial score (nSPS) is 33.7. The number of hydrogen-bond acceptors (Lipinski definition) is 6. The molecule has 0 amide bonds. The number of piperidine rings is 6. The van der Waals surface area contributed by atoms with Crippen molar-refractivity contribution >= 4 is 0 Å². The molecule has 6 fully saturated rings. The molecule has 0 atom stereocenters. The highest BCUT2D eigenvalue weighted by molar-refractivity contribution is 5.38. The fourth-order valence-corrected chi connectivity index (χ4v) is 9.89. The Morgan fingerprint density at radius 1 is 0.378 bits per heavy atom. The van der Waals surface area contributed by atoms with Crippen molar-refractivity contribution in [2.24, 2.45) is 0 Å². The molecule has 1 aromatic carbocycles. The van der Waals surface area contributed by atoms with E-state index in [1.54, 1.807) is 0 Å². The zero-order valence-electron chi connectivity index (χ0n) is 29.5. The van der Waals surface area contributed by atoms with Crippen molar-refractivity contribution in [2.45, 2.75) is 210 Å². The average molecular weight is 622 g/mol. The summed E-state index contributed by atoms with van der Waals surface area (Å²) in [4.78, 5) is 21.4. The largest absolute Gasteiger partial charge is 0.288 e. The molecule has 6 heteroatoms. The van der Waals surface area contributed by atoms with Crippen molar-refractivity contribution < 1.29 is 14.5 Å². The summed E-state index contributed by atoms with van der Waals surface area (Å²) >= 11 is 0. The molecule has 0 saturated carbocycles. The first-order chi connectivity index (χ1) is 21.5. The quantitative estimate of drug-likeness (QED) is 0.273. The fourth-order valence-electron chi connectivity index (χ4n) is 9.89. The monoisotopic (exact) mass is 621 g/mol. The zero-order chi connectivity index (χ0) is 31.4. The maximum absolute atomic E-state index is 7.12. The van der Waals surface area contributed by atoms with Gasteiger partial charge in [0.1, 0.15) is 16.8 Å². The Bertz CT molecular complexity index is 961. The summed E-state index contributed by atoms with van der Waals surface area (Å²) in [5, 5.41) is 7.27. The van der Waals surface area contributed by atoms with Crippen molar-refractivity contribution in [2.75, 3.05) is 0 Å². The molecule has 252 valence electrons. The summed E-state index contributed by atoms with van der Waals surface area (Å²) in [5.74, 6) is 0. The Labute approximate surface area is 274 Å². The van der Waals surface area contributed by atoms with Gasteiger partial charge in [-0.05, 0) is 153 Å². The van der Waals surface area contributed by atoms with Crippen LogP contribution in [0.4, 0.5) is 0 Å². The number of hydroxylamine groups is 6. The average Bonchev–Trinajstić information content (AvgIpc) is 2.96. The molecule has 0 N–H and O–H groups in total. The number of hydrogen-bond donors (Lipinski definition) is 0. The Morgan fingerprint density at radius 3 is 0.733 bits per heavy atom. The van der Waals surface area contributed by atoms with Crippen LogP contribution in [0.25, 0.3) is 0 Å². The van der Waals surface area contributed by atoms with Gasteiger partial charge in [0, 0.05) is 36.3 Å². The summed E-state index contributed by atoms with van der Waals surface area (Å²) in [5.41, 5.74) is 2.28. The molecular formula is C39H63N3O3. The third-order valence-electron chi connectivity index (χ3n) is 12.6. The predicted molar refractivity (Wildman–Crippen MR) is 180 cm³/mol. The molecule has 1 aromatic rings. The Kier molecular flexibility index (Phi) is 9.24. The minimum Gasteiger partial charge on any atom is -0.288 e. The third-order valence-corrected chi connectivity index (χ3v) is 12.6. The molecule has 7 rings (SSSR count). The standard InChI is InChI=1S/C39H63N3O3/c1-37(2,43-40-31-13-7-14-32(40)16-8-15-31)28-25-29(38(3,4)44-41-33-17-9-18-34(41)20-10-19-33)27-30(26-28)39(5,6)45-42-35-21-11-22-36(42)24-12-23-35/h25-27,31-36H,7-24H2,1-6H3. The van der Waals surface area contributed by atoms with Crippen LogP contribution < -0.4 is 0 Å². The second-order valence-corrected chi connectivity index (χ2v) is 17.2. The molecule has 0 radical (unpaired) electrons. The van der Waals surface area contributed by atoms with Crippen LogP contribution in [0, 0.1) is 0 Å². The molecule has 6 bridgehead atoms. The van der Waals surface area contributed by atoms with Crippen LogP contribution in [0.3, 0.4) is 0 Å². The summed E-state index contributed by atoms with van der Waals surface area (Å²) < 4.78 is 0. The highest BCUT2D eigenvalue weighted by Gasteiger charge is 2.43. The third kappa shape index (κ3) is 6.68. The second kappa shape index (κ2) is 12.8. The van der Waals surface area contributed by atoms with Gasteiger partial charge in [-0.2, -0.15) is 15.2 Å². The lowest BCUT2D eigenvalue weighted by Crippen LogP contribution is -2.53. The van der Waals surface area contributed by atoms with E-state index in [2.05, 4.69) is 74.9 Å². The van der Waals surface area contributed by atoms with Gasteiger partial charge in [-0.25, -0.2) is 0 Å². The van der Waals surface area contributed by atoms with Gasteiger partial charge in [0.2, 0.25) is 0 Å². The van der Waals surface area contributed by atoms with Crippen LogP contribution >= 0.6 is 0 Å². The van der Waals surface area contributed by atoms with Crippen LogP contribution in [0.5, 0.6) is 0 Å². The minimum atomic E-state index is -0.467. The Hall–Kier alpha value is -1.02. The van der Waals surface area contributed by atoms with Crippen LogP contribution in [0.2, 0.25) is 0 Å². The van der Waals surface area contributed by atoms with Crippen LogP contribution in [-0.4, -0.2) is 51.4 Å². The van der Waals surface area contributed by atoms with Gasteiger partial charge in [0.15, 0.2) is 0 Å². The number of rotatable bonds is 9. The molecule has 0 unspecified atom stereocenters. The fraction of sp³-hybridized carbons (Fsp3) is 0.846. The van der Waals surface area contributed by atoms with Gasteiger partial charge in [-0.3, -0.25) is 14.5 Å². The minimum absolute atomic E-state index is 0.467. The smallest absolute Gasteiger partial charge is 0.109 e. The maximum atomic E-state index is 7.12. The lowest BCUT2D eigenvalue weighted by molar-refractivity contribution is -0.303. The highest BCUT2D eigenvalue weighted by Crippen LogP contribution is 2.44. The molecule has 6 saturated heterocycles. The molecule has 0 spiro atoms. The second-order valence-electron chi connectivity index (χ2n) is 17.2. The molecule has 0 aliphatic carbocycles. The van der Waals surface area contributed by atoms with E-state index >= 15 is 0 Å². The van der Waals surface area contributed by atoms with Crippen molar-refractivity contribution in [3.05, 3.63) is 34.9 Å². The van der Waals surface area contributed by atoms with Gasteiger partial charge in [-0.15, -0.1) is 0 Å². The first kappa shape index (κ1) is 32.5. The number of benzene rings is 1. The lowest BCUT2D eigenvalue weighted by atomic mass is 9.84. The van der Waals surface area contributed by atoms with Gasteiger partial charge < -0.3 is 0 Å². The first-order valence-corrected chi connectivity index (χ1v) is 19.1. The topological polar surface area (TPSA) is 37.4 Å². The first-order valence-electron chi connectivity index (χ1n) is 19.1. The molecule has 0 aromatic heterocycles. The van der Waals surface area contributed by atoms with Gasteiger partial charge in [-0.1, -0.05) is 38.5 Å². The van der Waals surface area contributed by atoms with Crippen LogP contribution in [0.15, 0.2) is 18.2 Å². The molecule has 6 heterocycles. The maximum Gasteiger partial charge on any atom is 0.109 e. The SMILES string of the molecule is CC(C)(ON1C2CCCC1CCC2)c1cc(C(C)(C)ON2C3CCCC2CCC3)cc(C(C)(C)ON2C3CCCC2CCC3)c1.